The van der Waals surface area contributed by atoms with Crippen LogP contribution in [0.4, 0.5) is 11.6 Å². The normalized spacial score (nSPS) is 9.77. The zero-order valence-electron chi connectivity index (χ0n) is 7.21. The third-order valence-corrected chi connectivity index (χ3v) is 2.18. The van der Waals surface area contributed by atoms with Crippen LogP contribution in [-0.2, 0) is 0 Å². The van der Waals surface area contributed by atoms with E-state index in [1.807, 2.05) is 0 Å². The zero-order chi connectivity index (χ0) is 9.68. The molecular weight excluding hydrogens is 236 g/mol. The van der Waals surface area contributed by atoms with Gasteiger partial charge in [0.1, 0.15) is 22.4 Å². The second-order valence-corrected chi connectivity index (χ2v) is 3.08. The molecule has 0 unspecified atom stereocenters. The van der Waals surface area contributed by atoms with Gasteiger partial charge in [-0.15, -0.1) is 0 Å². The summed E-state index contributed by atoms with van der Waals surface area (Å²) in [5.41, 5.74) is 0. The molecule has 0 amide bonds. The Morgan fingerprint density at radius 2 is 2.15 bits per heavy atom. The highest BCUT2D eigenvalue weighted by atomic mass is 79.9. The van der Waals surface area contributed by atoms with Crippen LogP contribution in [0.3, 0.4) is 0 Å². The number of nitrogens with zero attached hydrogens (tertiary/aromatic N) is 2. The van der Waals surface area contributed by atoms with Crippen molar-refractivity contribution in [1.82, 2.24) is 9.97 Å². The van der Waals surface area contributed by atoms with Crippen LogP contribution in [0, 0.1) is 0 Å². The molecular formula is C7H11BrN4O. The van der Waals surface area contributed by atoms with Crippen LogP contribution in [-0.4, -0.2) is 35.3 Å². The summed E-state index contributed by atoms with van der Waals surface area (Å²) in [5, 5.41) is 14.5. The van der Waals surface area contributed by atoms with E-state index in [2.05, 4.69) is 36.5 Å². The minimum Gasteiger partial charge on any atom is -0.395 e. The van der Waals surface area contributed by atoms with Crippen LogP contribution in [0.5, 0.6) is 0 Å². The van der Waals surface area contributed by atoms with Crippen molar-refractivity contribution in [1.29, 1.82) is 0 Å². The third kappa shape index (κ3) is 2.53. The van der Waals surface area contributed by atoms with Gasteiger partial charge in [0.05, 0.1) is 6.61 Å². The van der Waals surface area contributed by atoms with Gasteiger partial charge < -0.3 is 15.7 Å². The van der Waals surface area contributed by atoms with Gasteiger partial charge in [0.15, 0.2) is 0 Å². The van der Waals surface area contributed by atoms with Crippen LogP contribution in [0.1, 0.15) is 0 Å². The summed E-state index contributed by atoms with van der Waals surface area (Å²) in [6, 6.07) is 0. The fourth-order valence-electron chi connectivity index (χ4n) is 0.842. The summed E-state index contributed by atoms with van der Waals surface area (Å²) >= 11 is 3.34. The summed E-state index contributed by atoms with van der Waals surface area (Å²) in [6.07, 6.45) is 1.45. The molecule has 1 aromatic heterocycles. The number of nitrogens with one attached hydrogen (secondary N) is 2. The van der Waals surface area contributed by atoms with Crippen molar-refractivity contribution in [3.63, 3.8) is 0 Å². The minimum absolute atomic E-state index is 0.0747. The first-order valence-electron chi connectivity index (χ1n) is 3.82. The Balaban J connectivity index is 2.81. The van der Waals surface area contributed by atoms with E-state index in [1.165, 1.54) is 6.33 Å². The third-order valence-electron chi connectivity index (χ3n) is 1.43. The van der Waals surface area contributed by atoms with Crippen molar-refractivity contribution in [3.8, 4) is 0 Å². The SMILES string of the molecule is CNc1ncnc(NCCO)c1Br. The van der Waals surface area contributed by atoms with Crippen LogP contribution < -0.4 is 10.6 Å². The number of aliphatic hydroxyl groups excluding tert-OH is 1. The molecule has 0 aliphatic carbocycles. The van der Waals surface area contributed by atoms with E-state index >= 15 is 0 Å². The van der Waals surface area contributed by atoms with E-state index in [0.717, 1.165) is 10.3 Å². The Labute approximate surface area is 84.7 Å². The second-order valence-electron chi connectivity index (χ2n) is 2.29. The average molecular weight is 247 g/mol. The summed E-state index contributed by atoms with van der Waals surface area (Å²) in [7, 11) is 1.78. The van der Waals surface area contributed by atoms with Gasteiger partial charge in [-0.05, 0) is 15.9 Å². The van der Waals surface area contributed by atoms with Crippen molar-refractivity contribution < 1.29 is 5.11 Å². The van der Waals surface area contributed by atoms with Gasteiger partial charge >= 0.3 is 0 Å². The van der Waals surface area contributed by atoms with Crippen LogP contribution >= 0.6 is 15.9 Å². The lowest BCUT2D eigenvalue weighted by Gasteiger charge is -2.08. The molecule has 0 aliphatic rings. The zero-order valence-corrected chi connectivity index (χ0v) is 8.80. The maximum Gasteiger partial charge on any atom is 0.146 e. The van der Waals surface area contributed by atoms with Gasteiger partial charge in [0, 0.05) is 13.6 Å². The Morgan fingerprint density at radius 1 is 1.46 bits per heavy atom. The Kier molecular flexibility index (Phi) is 3.91. The predicted molar refractivity (Wildman–Crippen MR) is 54.9 cm³/mol. The Morgan fingerprint density at radius 3 is 2.77 bits per heavy atom. The maximum absolute atomic E-state index is 8.61. The molecule has 72 valence electrons. The van der Waals surface area contributed by atoms with Gasteiger partial charge in [-0.25, -0.2) is 9.97 Å². The van der Waals surface area contributed by atoms with Crippen molar-refractivity contribution in [3.05, 3.63) is 10.8 Å². The maximum atomic E-state index is 8.61. The smallest absolute Gasteiger partial charge is 0.146 e. The molecule has 0 atom stereocenters. The standard InChI is InChI=1S/C7H11BrN4O/c1-9-6-5(8)7(10-2-3-13)12-4-11-6/h4,13H,2-3H2,1H3,(H2,9,10,11,12). The molecule has 3 N–H and O–H groups in total. The molecule has 1 heterocycles. The molecule has 1 aromatic rings. The summed E-state index contributed by atoms with van der Waals surface area (Å²) in [4.78, 5) is 8.00. The Hall–Kier alpha value is -0.880. The molecule has 0 saturated heterocycles. The van der Waals surface area contributed by atoms with E-state index in [9.17, 15) is 0 Å². The molecule has 0 fully saturated rings. The lowest BCUT2D eigenvalue weighted by atomic mass is 10.5. The van der Waals surface area contributed by atoms with Crippen molar-refractivity contribution in [2.24, 2.45) is 0 Å². The van der Waals surface area contributed by atoms with Crippen LogP contribution in [0.15, 0.2) is 10.8 Å². The lowest BCUT2D eigenvalue weighted by Crippen LogP contribution is -2.08. The molecule has 0 aromatic carbocycles. The number of aromatic nitrogens is 2. The second kappa shape index (κ2) is 4.98. The molecule has 6 heteroatoms. The summed E-state index contributed by atoms with van der Waals surface area (Å²) in [6.45, 7) is 0.546. The van der Waals surface area contributed by atoms with Gasteiger partial charge in [-0.1, -0.05) is 0 Å². The van der Waals surface area contributed by atoms with E-state index in [1.54, 1.807) is 7.05 Å². The van der Waals surface area contributed by atoms with Crippen molar-refractivity contribution >= 4 is 27.6 Å². The predicted octanol–water partition coefficient (Wildman–Crippen LogP) is 0.685. The average Bonchev–Trinajstić information content (AvgIpc) is 2.16. The number of hydrogen-bond acceptors (Lipinski definition) is 5. The molecule has 5 nitrogen and oxygen atoms in total. The highest BCUT2D eigenvalue weighted by molar-refractivity contribution is 9.10. The molecule has 0 bridgehead atoms. The molecule has 1 rings (SSSR count). The molecule has 0 spiro atoms. The lowest BCUT2D eigenvalue weighted by molar-refractivity contribution is 0.311. The van der Waals surface area contributed by atoms with Gasteiger partial charge in [-0.2, -0.15) is 0 Å². The monoisotopic (exact) mass is 246 g/mol. The first kappa shape index (κ1) is 10.2. The number of aliphatic hydroxyl groups is 1. The van der Waals surface area contributed by atoms with Crippen molar-refractivity contribution in [2.45, 2.75) is 0 Å². The fraction of sp³-hybridized carbons (Fsp3) is 0.429. The van der Waals surface area contributed by atoms with E-state index in [-0.39, 0.29) is 6.61 Å². The number of hydrogen-bond donors (Lipinski definition) is 3. The minimum atomic E-state index is 0.0747. The topological polar surface area (TPSA) is 70.1 Å². The molecule has 0 aliphatic heterocycles. The van der Waals surface area contributed by atoms with Gasteiger partial charge in [-0.3, -0.25) is 0 Å². The summed E-state index contributed by atoms with van der Waals surface area (Å²) in [5.74, 6) is 1.39. The highest BCUT2D eigenvalue weighted by Gasteiger charge is 2.05. The molecule has 0 radical (unpaired) electrons. The van der Waals surface area contributed by atoms with E-state index in [0.29, 0.717) is 12.4 Å². The van der Waals surface area contributed by atoms with Gasteiger partial charge in [0.2, 0.25) is 0 Å². The number of anilines is 2. The van der Waals surface area contributed by atoms with Crippen molar-refractivity contribution in [2.75, 3.05) is 30.8 Å². The summed E-state index contributed by atoms with van der Waals surface area (Å²) < 4.78 is 0.769. The van der Waals surface area contributed by atoms with Crippen LogP contribution in [0.25, 0.3) is 0 Å². The first-order chi connectivity index (χ1) is 6.29. The Bertz CT molecular complexity index is 281. The van der Waals surface area contributed by atoms with E-state index in [4.69, 9.17) is 5.11 Å². The van der Waals surface area contributed by atoms with Gasteiger partial charge in [0.25, 0.3) is 0 Å². The molecule has 0 saturated carbocycles. The first-order valence-corrected chi connectivity index (χ1v) is 4.62. The number of halogens is 1. The quantitative estimate of drug-likeness (QED) is 0.730. The molecule has 13 heavy (non-hydrogen) atoms. The fourth-order valence-corrected chi connectivity index (χ4v) is 1.38. The largest absolute Gasteiger partial charge is 0.395 e. The van der Waals surface area contributed by atoms with E-state index < -0.39 is 0 Å². The number of rotatable bonds is 4. The van der Waals surface area contributed by atoms with Crippen LogP contribution in [0.2, 0.25) is 0 Å². The highest BCUT2D eigenvalue weighted by Crippen LogP contribution is 2.25.